The average Bonchev–Trinajstić information content (AvgIpc) is 2.74. The van der Waals surface area contributed by atoms with Gasteiger partial charge in [0.05, 0.1) is 5.69 Å². The largest absolute Gasteiger partial charge is 0.370 e. The van der Waals surface area contributed by atoms with Gasteiger partial charge in [-0.3, -0.25) is 13.9 Å². The number of amides is 2. The van der Waals surface area contributed by atoms with E-state index in [4.69, 9.17) is 5.73 Å². The van der Waals surface area contributed by atoms with Crippen LogP contribution in [0.5, 0.6) is 0 Å². The summed E-state index contributed by atoms with van der Waals surface area (Å²) in [5.74, 6) is -1.38. The van der Waals surface area contributed by atoms with Crippen molar-refractivity contribution in [1.82, 2.24) is 9.62 Å². The van der Waals surface area contributed by atoms with E-state index in [0.717, 1.165) is 52.8 Å². The molecular formula is C24H32F2N4O4S. The first-order chi connectivity index (χ1) is 16.5. The van der Waals surface area contributed by atoms with Gasteiger partial charge in [0, 0.05) is 31.6 Å². The number of rotatable bonds is 6. The number of hydrogen-bond donors (Lipinski definition) is 2. The van der Waals surface area contributed by atoms with Gasteiger partial charge in [-0.15, -0.1) is 0 Å². The van der Waals surface area contributed by atoms with E-state index in [1.54, 1.807) is 6.92 Å². The Kier molecular flexibility index (Phi) is 6.06. The average molecular weight is 511 g/mol. The lowest BCUT2D eigenvalue weighted by molar-refractivity contribution is -0.136. The van der Waals surface area contributed by atoms with E-state index in [-0.39, 0.29) is 53.9 Å². The van der Waals surface area contributed by atoms with Crippen molar-refractivity contribution < 1.29 is 26.8 Å². The summed E-state index contributed by atoms with van der Waals surface area (Å²) in [4.78, 5) is 25.0. The lowest BCUT2D eigenvalue weighted by Gasteiger charge is -2.60. The van der Waals surface area contributed by atoms with Crippen molar-refractivity contribution >= 4 is 27.7 Å². The van der Waals surface area contributed by atoms with Crippen LogP contribution in [0.25, 0.3) is 0 Å². The summed E-state index contributed by atoms with van der Waals surface area (Å²) in [6.45, 7) is 1.73. The highest BCUT2D eigenvalue weighted by molar-refractivity contribution is 7.90. The molecule has 5 aliphatic rings. The number of benzene rings is 1. The lowest BCUT2D eigenvalue weighted by atomic mass is 9.47. The highest BCUT2D eigenvalue weighted by Gasteiger charge is 2.56. The minimum atomic E-state index is -4.19. The first-order valence-corrected chi connectivity index (χ1v) is 13.7. The molecule has 1 aliphatic heterocycles. The van der Waals surface area contributed by atoms with E-state index in [2.05, 4.69) is 5.32 Å². The van der Waals surface area contributed by atoms with Gasteiger partial charge in [0.15, 0.2) is 0 Å². The fourth-order valence-corrected chi connectivity index (χ4v) is 9.34. The SMILES string of the molecule is CC(C(=O)NC1C2CC3CC1CC(CC(N)=O)(C3)C2)N1CCCN(c2ccc(F)cc2F)S1(=O)=O. The van der Waals surface area contributed by atoms with Crippen LogP contribution in [0.3, 0.4) is 0 Å². The van der Waals surface area contributed by atoms with Gasteiger partial charge in [0.1, 0.15) is 17.7 Å². The van der Waals surface area contributed by atoms with Crippen LogP contribution in [0, 0.1) is 34.8 Å². The molecule has 192 valence electrons. The summed E-state index contributed by atoms with van der Waals surface area (Å²) < 4.78 is 56.4. The lowest BCUT2D eigenvalue weighted by Crippen LogP contribution is -2.63. The van der Waals surface area contributed by atoms with E-state index in [9.17, 15) is 26.8 Å². The number of nitrogens with zero attached hydrogens (tertiary/aromatic N) is 2. The molecule has 35 heavy (non-hydrogen) atoms. The summed E-state index contributed by atoms with van der Waals surface area (Å²) in [7, 11) is -4.19. The molecule has 5 fully saturated rings. The van der Waals surface area contributed by atoms with Crippen molar-refractivity contribution in [2.24, 2.45) is 28.9 Å². The zero-order chi connectivity index (χ0) is 25.1. The zero-order valence-corrected chi connectivity index (χ0v) is 20.6. The van der Waals surface area contributed by atoms with Gasteiger partial charge in [-0.1, -0.05) is 0 Å². The molecule has 3 unspecified atom stereocenters. The normalized spacial score (nSPS) is 34.5. The minimum Gasteiger partial charge on any atom is -0.370 e. The molecule has 6 rings (SSSR count). The molecule has 0 radical (unpaired) electrons. The molecular weight excluding hydrogens is 478 g/mol. The summed E-state index contributed by atoms with van der Waals surface area (Å²) in [5.41, 5.74) is 5.23. The van der Waals surface area contributed by atoms with Crippen molar-refractivity contribution in [2.45, 2.75) is 64.0 Å². The molecule has 0 aromatic heterocycles. The predicted octanol–water partition coefficient (Wildman–Crippen LogP) is 2.30. The topological polar surface area (TPSA) is 113 Å². The molecule has 1 aromatic carbocycles. The number of anilines is 1. The van der Waals surface area contributed by atoms with Crippen LogP contribution in [0.1, 0.15) is 51.9 Å². The predicted molar refractivity (Wildman–Crippen MR) is 125 cm³/mol. The van der Waals surface area contributed by atoms with Crippen LogP contribution < -0.4 is 15.4 Å². The van der Waals surface area contributed by atoms with Crippen LogP contribution in [-0.2, 0) is 19.8 Å². The molecule has 3 N–H and O–H groups in total. The molecule has 1 aromatic rings. The molecule has 1 heterocycles. The van der Waals surface area contributed by atoms with Crippen molar-refractivity contribution in [1.29, 1.82) is 0 Å². The molecule has 0 spiro atoms. The number of nitrogens with one attached hydrogen (secondary N) is 1. The van der Waals surface area contributed by atoms with Crippen molar-refractivity contribution in [3.05, 3.63) is 29.8 Å². The van der Waals surface area contributed by atoms with Gasteiger partial charge in [-0.2, -0.15) is 12.7 Å². The monoisotopic (exact) mass is 510 g/mol. The summed E-state index contributed by atoms with van der Waals surface area (Å²) in [6, 6.07) is 1.73. The van der Waals surface area contributed by atoms with Gasteiger partial charge in [0.2, 0.25) is 11.8 Å². The second-order valence-electron chi connectivity index (χ2n) is 11.0. The Morgan fingerprint density at radius 3 is 2.49 bits per heavy atom. The molecule has 1 saturated heterocycles. The van der Waals surface area contributed by atoms with E-state index in [1.165, 1.54) is 0 Å². The molecule has 11 heteroatoms. The maximum atomic E-state index is 14.4. The third kappa shape index (κ3) is 4.30. The van der Waals surface area contributed by atoms with Crippen LogP contribution in [0.4, 0.5) is 14.5 Å². The Bertz CT molecular complexity index is 1130. The van der Waals surface area contributed by atoms with Gasteiger partial charge in [-0.05, 0) is 80.8 Å². The second kappa shape index (κ2) is 8.69. The van der Waals surface area contributed by atoms with E-state index >= 15 is 0 Å². The molecule has 4 aliphatic carbocycles. The Hall–Kier alpha value is -2.27. The Morgan fingerprint density at radius 2 is 1.86 bits per heavy atom. The first-order valence-electron chi connectivity index (χ1n) is 12.3. The number of carbonyl (C=O) groups is 2. The number of carbonyl (C=O) groups excluding carboxylic acids is 2. The fraction of sp³-hybridized carbons (Fsp3) is 0.667. The van der Waals surface area contributed by atoms with Crippen LogP contribution in [-0.4, -0.2) is 49.7 Å². The van der Waals surface area contributed by atoms with Crippen molar-refractivity contribution in [3.8, 4) is 0 Å². The Morgan fingerprint density at radius 1 is 1.17 bits per heavy atom. The molecule has 2 amide bonds. The number of hydrogen-bond acceptors (Lipinski definition) is 4. The summed E-state index contributed by atoms with van der Waals surface area (Å²) in [6.07, 6.45) is 5.49. The van der Waals surface area contributed by atoms with Crippen molar-refractivity contribution in [2.75, 3.05) is 17.4 Å². The fourth-order valence-electron chi connectivity index (χ4n) is 7.48. The number of halogens is 2. The van der Waals surface area contributed by atoms with Crippen LogP contribution >= 0.6 is 0 Å². The summed E-state index contributed by atoms with van der Waals surface area (Å²) in [5, 5.41) is 3.14. The third-order valence-corrected chi connectivity index (χ3v) is 10.6. The van der Waals surface area contributed by atoms with Gasteiger partial charge in [-0.25, -0.2) is 8.78 Å². The first kappa shape index (κ1) is 24.4. The second-order valence-corrected chi connectivity index (χ2v) is 12.8. The van der Waals surface area contributed by atoms with E-state index in [1.807, 2.05) is 0 Å². The molecule has 4 bridgehead atoms. The van der Waals surface area contributed by atoms with Crippen LogP contribution in [0.2, 0.25) is 0 Å². The maximum absolute atomic E-state index is 14.4. The zero-order valence-electron chi connectivity index (χ0n) is 19.8. The Balaban J connectivity index is 1.30. The molecule has 8 nitrogen and oxygen atoms in total. The van der Waals surface area contributed by atoms with Gasteiger partial charge < -0.3 is 11.1 Å². The van der Waals surface area contributed by atoms with Crippen LogP contribution in [0.15, 0.2) is 18.2 Å². The smallest absolute Gasteiger partial charge is 0.304 e. The highest BCUT2D eigenvalue weighted by Crippen LogP contribution is 2.61. The van der Waals surface area contributed by atoms with Crippen molar-refractivity contribution in [3.63, 3.8) is 0 Å². The molecule has 4 saturated carbocycles. The summed E-state index contributed by atoms with van der Waals surface area (Å²) >= 11 is 0. The quantitative estimate of drug-likeness (QED) is 0.611. The van der Waals surface area contributed by atoms with E-state index < -0.39 is 27.9 Å². The number of primary amides is 1. The highest BCUT2D eigenvalue weighted by atomic mass is 32.2. The third-order valence-electron chi connectivity index (χ3n) is 8.56. The van der Waals surface area contributed by atoms with Gasteiger partial charge >= 0.3 is 10.2 Å². The minimum absolute atomic E-state index is 0.0475. The maximum Gasteiger partial charge on any atom is 0.304 e. The van der Waals surface area contributed by atoms with Gasteiger partial charge in [0.25, 0.3) is 0 Å². The number of nitrogens with two attached hydrogens (primary N) is 1. The molecule has 3 atom stereocenters. The van der Waals surface area contributed by atoms with E-state index in [0.29, 0.717) is 24.8 Å². The Labute approximate surface area is 204 Å². The standard InChI is InChI=1S/C24H32F2N4O4S/c1-14(29-5-2-6-30(35(29,33)34)20-4-3-18(25)9-19(20)26)23(32)28-22-16-7-15-8-17(22)12-24(10-15,11-16)13-21(27)31/h3-4,9,14-17,22H,2,5-8,10-13H2,1H3,(H2,27,31)(H,28,32).